The highest BCUT2D eigenvalue weighted by Crippen LogP contribution is 2.34. The van der Waals surface area contributed by atoms with Gasteiger partial charge in [-0.05, 0) is 30.7 Å². The fraction of sp³-hybridized carbons (Fsp3) is 0.571. The van der Waals surface area contributed by atoms with Crippen LogP contribution in [-0.4, -0.2) is 11.7 Å². The lowest BCUT2D eigenvalue weighted by atomic mass is 9.74. The predicted octanol–water partition coefficient (Wildman–Crippen LogP) is 2.95. The average Bonchev–Trinajstić information content (AvgIpc) is 2.14. The van der Waals surface area contributed by atoms with E-state index in [1.165, 1.54) is 30.4 Å². The van der Waals surface area contributed by atoms with Gasteiger partial charge in [-0.15, -0.1) is 0 Å². The van der Waals surface area contributed by atoms with E-state index < -0.39 is 0 Å². The Morgan fingerprint density at radius 3 is 2.73 bits per heavy atom. The number of rotatable bonds is 4. The second-order valence-electron chi connectivity index (χ2n) is 4.83. The zero-order valence-electron chi connectivity index (χ0n) is 9.45. The lowest BCUT2D eigenvalue weighted by molar-refractivity contribution is 0.123. The van der Waals surface area contributed by atoms with Crippen molar-refractivity contribution in [1.29, 1.82) is 0 Å². The summed E-state index contributed by atoms with van der Waals surface area (Å²) in [5.41, 5.74) is 2.69. The first-order valence-electron chi connectivity index (χ1n) is 5.96. The number of aliphatic hydroxyl groups is 1. The van der Waals surface area contributed by atoms with Crippen molar-refractivity contribution in [2.24, 2.45) is 11.8 Å². The van der Waals surface area contributed by atoms with E-state index in [0.717, 1.165) is 12.3 Å². The maximum absolute atomic E-state index is 9.39. The summed E-state index contributed by atoms with van der Waals surface area (Å²) in [6.07, 6.45) is 5.03. The van der Waals surface area contributed by atoms with Crippen LogP contribution in [0, 0.1) is 18.8 Å². The van der Waals surface area contributed by atoms with Crippen molar-refractivity contribution in [2.75, 3.05) is 6.61 Å². The third-order valence-corrected chi connectivity index (χ3v) is 3.63. The molecular weight excluding hydrogens is 184 g/mol. The Balaban J connectivity index is 1.99. The topological polar surface area (TPSA) is 20.2 Å². The number of hydrogen-bond acceptors (Lipinski definition) is 1. The minimum Gasteiger partial charge on any atom is -0.396 e. The minimum absolute atomic E-state index is 0.346. The fourth-order valence-corrected chi connectivity index (χ4v) is 2.43. The highest BCUT2D eigenvalue weighted by molar-refractivity contribution is 5.22. The first-order chi connectivity index (χ1) is 7.29. The van der Waals surface area contributed by atoms with Crippen molar-refractivity contribution in [3.8, 4) is 0 Å². The predicted molar refractivity (Wildman–Crippen MR) is 62.8 cm³/mol. The lowest BCUT2D eigenvalue weighted by Gasteiger charge is -2.32. The van der Waals surface area contributed by atoms with Gasteiger partial charge in [0.15, 0.2) is 0 Å². The molecule has 0 saturated heterocycles. The quantitative estimate of drug-likeness (QED) is 0.799. The van der Waals surface area contributed by atoms with Gasteiger partial charge in [0.2, 0.25) is 0 Å². The third kappa shape index (κ3) is 2.60. The van der Waals surface area contributed by atoms with Crippen LogP contribution in [0.2, 0.25) is 0 Å². The molecule has 1 unspecified atom stereocenters. The summed E-state index contributed by atoms with van der Waals surface area (Å²) < 4.78 is 0. The Kier molecular flexibility index (Phi) is 3.42. The Bertz CT molecular complexity index is 315. The molecule has 1 aromatic rings. The molecule has 0 bridgehead atoms. The fourth-order valence-electron chi connectivity index (χ4n) is 2.43. The van der Waals surface area contributed by atoms with Gasteiger partial charge in [0, 0.05) is 6.61 Å². The van der Waals surface area contributed by atoms with Crippen LogP contribution in [0.25, 0.3) is 0 Å². The number of hydrogen-bond donors (Lipinski definition) is 1. The summed E-state index contributed by atoms with van der Waals surface area (Å²) in [4.78, 5) is 0. The van der Waals surface area contributed by atoms with Crippen molar-refractivity contribution >= 4 is 0 Å². The van der Waals surface area contributed by atoms with Crippen LogP contribution >= 0.6 is 0 Å². The summed E-state index contributed by atoms with van der Waals surface area (Å²) in [6, 6.07) is 8.65. The molecule has 0 spiro atoms. The summed E-state index contributed by atoms with van der Waals surface area (Å²) in [5, 5.41) is 9.39. The average molecular weight is 204 g/mol. The maximum Gasteiger partial charge on any atom is 0.0465 e. The molecule has 0 heterocycles. The number of benzene rings is 1. The molecule has 1 saturated carbocycles. The maximum atomic E-state index is 9.39. The van der Waals surface area contributed by atoms with E-state index in [4.69, 9.17) is 0 Å². The Hall–Kier alpha value is -0.820. The van der Waals surface area contributed by atoms with Crippen LogP contribution in [0.5, 0.6) is 0 Å². The molecule has 0 aromatic heterocycles. The molecule has 82 valence electrons. The molecule has 1 aromatic carbocycles. The first-order valence-corrected chi connectivity index (χ1v) is 5.96. The van der Waals surface area contributed by atoms with E-state index in [1.54, 1.807) is 0 Å². The Morgan fingerprint density at radius 2 is 2.20 bits per heavy atom. The van der Waals surface area contributed by atoms with Crippen LogP contribution in [0.4, 0.5) is 0 Å². The van der Waals surface area contributed by atoms with Crippen molar-refractivity contribution in [1.82, 2.24) is 0 Å². The molecule has 15 heavy (non-hydrogen) atoms. The zero-order chi connectivity index (χ0) is 10.7. The standard InChI is InChI=1S/C14H20O/c1-11-4-2-5-12(8-11)9-14(10-15)13-6-3-7-13/h2,4-5,8,13-15H,3,6-7,9-10H2,1H3. The van der Waals surface area contributed by atoms with E-state index in [-0.39, 0.29) is 0 Å². The van der Waals surface area contributed by atoms with Crippen LogP contribution in [0.3, 0.4) is 0 Å². The van der Waals surface area contributed by atoms with Gasteiger partial charge < -0.3 is 5.11 Å². The van der Waals surface area contributed by atoms with E-state index in [1.807, 2.05) is 0 Å². The molecule has 2 rings (SSSR count). The van der Waals surface area contributed by atoms with Crippen LogP contribution in [0.15, 0.2) is 24.3 Å². The summed E-state index contributed by atoms with van der Waals surface area (Å²) in [5.74, 6) is 1.26. The van der Waals surface area contributed by atoms with Crippen molar-refractivity contribution in [3.63, 3.8) is 0 Å². The van der Waals surface area contributed by atoms with Crippen molar-refractivity contribution < 1.29 is 5.11 Å². The smallest absolute Gasteiger partial charge is 0.0465 e. The molecule has 0 radical (unpaired) electrons. The van der Waals surface area contributed by atoms with E-state index in [2.05, 4.69) is 31.2 Å². The zero-order valence-corrected chi connectivity index (χ0v) is 9.45. The van der Waals surface area contributed by atoms with Crippen molar-refractivity contribution in [3.05, 3.63) is 35.4 Å². The molecule has 0 amide bonds. The summed E-state index contributed by atoms with van der Waals surface area (Å²) in [6.45, 7) is 2.47. The Labute approximate surface area is 92.1 Å². The third-order valence-electron chi connectivity index (χ3n) is 3.63. The minimum atomic E-state index is 0.346. The van der Waals surface area contributed by atoms with Crippen LogP contribution in [0.1, 0.15) is 30.4 Å². The van der Waals surface area contributed by atoms with Gasteiger partial charge in [-0.25, -0.2) is 0 Å². The van der Waals surface area contributed by atoms with Gasteiger partial charge in [-0.1, -0.05) is 49.1 Å². The molecule has 1 aliphatic carbocycles. The van der Waals surface area contributed by atoms with Gasteiger partial charge in [0.25, 0.3) is 0 Å². The number of aryl methyl sites for hydroxylation is 1. The highest BCUT2D eigenvalue weighted by Gasteiger charge is 2.26. The molecule has 1 fully saturated rings. The van der Waals surface area contributed by atoms with Gasteiger partial charge in [-0.2, -0.15) is 0 Å². The second-order valence-corrected chi connectivity index (χ2v) is 4.83. The van der Waals surface area contributed by atoms with Gasteiger partial charge in [-0.3, -0.25) is 0 Å². The van der Waals surface area contributed by atoms with Gasteiger partial charge in [0.1, 0.15) is 0 Å². The summed E-state index contributed by atoms with van der Waals surface area (Å²) >= 11 is 0. The lowest BCUT2D eigenvalue weighted by Crippen LogP contribution is -2.26. The molecule has 1 nitrogen and oxygen atoms in total. The highest BCUT2D eigenvalue weighted by atomic mass is 16.3. The monoisotopic (exact) mass is 204 g/mol. The number of aliphatic hydroxyl groups excluding tert-OH is 1. The van der Waals surface area contributed by atoms with E-state index in [0.29, 0.717) is 12.5 Å². The molecule has 0 aliphatic heterocycles. The SMILES string of the molecule is Cc1cccc(CC(CO)C2CCC2)c1. The molecule has 1 heteroatoms. The second kappa shape index (κ2) is 4.80. The molecular formula is C14H20O. The normalized spacial score (nSPS) is 18.5. The molecule has 1 aliphatic rings. The van der Waals surface area contributed by atoms with Gasteiger partial charge >= 0.3 is 0 Å². The van der Waals surface area contributed by atoms with Crippen LogP contribution < -0.4 is 0 Å². The van der Waals surface area contributed by atoms with E-state index >= 15 is 0 Å². The van der Waals surface area contributed by atoms with Gasteiger partial charge in [0.05, 0.1) is 0 Å². The first kappa shape index (κ1) is 10.7. The van der Waals surface area contributed by atoms with Crippen LogP contribution in [-0.2, 0) is 6.42 Å². The summed E-state index contributed by atoms with van der Waals surface area (Å²) in [7, 11) is 0. The molecule has 1 atom stereocenters. The van der Waals surface area contributed by atoms with E-state index in [9.17, 15) is 5.11 Å². The Morgan fingerprint density at radius 1 is 1.40 bits per heavy atom. The molecule has 1 N–H and O–H groups in total. The largest absolute Gasteiger partial charge is 0.396 e. The van der Waals surface area contributed by atoms with Crippen molar-refractivity contribution in [2.45, 2.75) is 32.6 Å².